The zero-order valence-electron chi connectivity index (χ0n) is 16.1. The van der Waals surface area contributed by atoms with Gasteiger partial charge in [0.2, 0.25) is 11.8 Å². The summed E-state index contributed by atoms with van der Waals surface area (Å²) in [5.41, 5.74) is 2.32. The molecule has 2 aliphatic heterocycles. The van der Waals surface area contributed by atoms with E-state index in [0.29, 0.717) is 18.8 Å². The van der Waals surface area contributed by atoms with Gasteiger partial charge in [0.15, 0.2) is 0 Å². The fourth-order valence-corrected chi connectivity index (χ4v) is 4.03. The van der Waals surface area contributed by atoms with Crippen LogP contribution in [0.4, 0.5) is 0 Å². The summed E-state index contributed by atoms with van der Waals surface area (Å²) in [4.78, 5) is 37.9. The molecule has 2 saturated heterocycles. The number of carbonyl (C=O) groups is 2. The Hall–Kier alpha value is -2.76. The van der Waals surface area contributed by atoms with Crippen molar-refractivity contribution in [1.29, 1.82) is 0 Å². The number of benzene rings is 1. The summed E-state index contributed by atoms with van der Waals surface area (Å²) in [6, 6.07) is 7.67. The minimum atomic E-state index is -0.0289. The van der Waals surface area contributed by atoms with Gasteiger partial charge in [0.05, 0.1) is 22.9 Å². The Bertz CT molecular complexity index is 881. The van der Waals surface area contributed by atoms with Crippen LogP contribution in [-0.2, 0) is 9.59 Å². The first kappa shape index (κ1) is 18.6. The highest BCUT2D eigenvalue weighted by molar-refractivity contribution is 5.92. The number of nitrogens with zero attached hydrogens (tertiary/aromatic N) is 4. The predicted molar refractivity (Wildman–Crippen MR) is 108 cm³/mol. The third-order valence-corrected chi connectivity index (χ3v) is 5.69. The zero-order valence-corrected chi connectivity index (χ0v) is 16.1. The Morgan fingerprint density at radius 1 is 0.929 bits per heavy atom. The molecule has 28 heavy (non-hydrogen) atoms. The molecule has 0 saturated carbocycles. The van der Waals surface area contributed by atoms with Crippen LogP contribution in [0.15, 0.2) is 36.5 Å². The highest BCUT2D eigenvalue weighted by atomic mass is 16.2. The van der Waals surface area contributed by atoms with Crippen LogP contribution in [0, 0.1) is 5.92 Å². The standard InChI is InChI=1S/C22H26N4O2/c27-21(9-8-18-16-23-19-6-2-3-7-20(19)24-18)25-14-10-17(11-15-25)22(28)26-12-4-1-5-13-26/h2-3,6-9,16-17H,1,4-5,10-15H2/b9-8+. The third-order valence-electron chi connectivity index (χ3n) is 5.69. The molecule has 2 amide bonds. The first-order valence-electron chi connectivity index (χ1n) is 10.2. The van der Waals surface area contributed by atoms with Crippen molar-refractivity contribution < 1.29 is 9.59 Å². The first-order chi connectivity index (χ1) is 13.7. The van der Waals surface area contributed by atoms with E-state index >= 15 is 0 Å². The van der Waals surface area contributed by atoms with Crippen LogP contribution in [0.3, 0.4) is 0 Å². The summed E-state index contributed by atoms with van der Waals surface area (Å²) in [5, 5.41) is 0. The molecule has 1 aromatic carbocycles. The van der Waals surface area contributed by atoms with Gasteiger partial charge in [-0.05, 0) is 50.3 Å². The van der Waals surface area contributed by atoms with Crippen molar-refractivity contribution in [3.8, 4) is 0 Å². The Morgan fingerprint density at radius 3 is 2.39 bits per heavy atom. The number of rotatable bonds is 3. The lowest BCUT2D eigenvalue weighted by Gasteiger charge is -2.35. The number of para-hydroxylation sites is 2. The molecule has 2 fully saturated rings. The lowest BCUT2D eigenvalue weighted by molar-refractivity contribution is -0.140. The van der Waals surface area contributed by atoms with Crippen LogP contribution < -0.4 is 0 Å². The summed E-state index contributed by atoms with van der Waals surface area (Å²) in [6.45, 7) is 3.06. The highest BCUT2D eigenvalue weighted by Crippen LogP contribution is 2.22. The van der Waals surface area contributed by atoms with Crippen LogP contribution in [0.25, 0.3) is 17.1 Å². The van der Waals surface area contributed by atoms with E-state index in [-0.39, 0.29) is 17.7 Å². The number of hydrogen-bond donors (Lipinski definition) is 0. The van der Waals surface area contributed by atoms with Gasteiger partial charge < -0.3 is 9.80 Å². The minimum Gasteiger partial charge on any atom is -0.342 e. The van der Waals surface area contributed by atoms with Gasteiger partial charge in [-0.15, -0.1) is 0 Å². The van der Waals surface area contributed by atoms with Crippen molar-refractivity contribution in [2.24, 2.45) is 5.92 Å². The molecule has 0 aliphatic carbocycles. The number of amides is 2. The quantitative estimate of drug-likeness (QED) is 0.771. The van der Waals surface area contributed by atoms with E-state index in [1.807, 2.05) is 34.1 Å². The summed E-state index contributed by atoms with van der Waals surface area (Å²) in [5.74, 6) is 0.324. The maximum absolute atomic E-state index is 12.6. The van der Waals surface area contributed by atoms with Gasteiger partial charge in [0.25, 0.3) is 0 Å². The van der Waals surface area contributed by atoms with E-state index in [1.165, 1.54) is 6.42 Å². The van der Waals surface area contributed by atoms with Gasteiger partial charge in [-0.1, -0.05) is 12.1 Å². The molecule has 0 radical (unpaired) electrons. The van der Waals surface area contributed by atoms with Gasteiger partial charge >= 0.3 is 0 Å². The van der Waals surface area contributed by atoms with Crippen LogP contribution in [0.2, 0.25) is 0 Å². The summed E-state index contributed by atoms with van der Waals surface area (Å²) < 4.78 is 0. The van der Waals surface area contributed by atoms with Gasteiger partial charge in [-0.2, -0.15) is 0 Å². The van der Waals surface area contributed by atoms with Crippen LogP contribution in [-0.4, -0.2) is 57.8 Å². The van der Waals surface area contributed by atoms with Crippen molar-refractivity contribution in [2.45, 2.75) is 32.1 Å². The maximum Gasteiger partial charge on any atom is 0.246 e. The monoisotopic (exact) mass is 378 g/mol. The molecule has 0 atom stereocenters. The molecule has 3 heterocycles. The number of aromatic nitrogens is 2. The highest BCUT2D eigenvalue weighted by Gasteiger charge is 2.30. The van der Waals surface area contributed by atoms with Crippen molar-refractivity contribution in [1.82, 2.24) is 19.8 Å². The van der Waals surface area contributed by atoms with Crippen LogP contribution in [0.5, 0.6) is 0 Å². The van der Waals surface area contributed by atoms with Gasteiger partial charge in [0, 0.05) is 38.2 Å². The molecule has 0 N–H and O–H groups in total. The number of hydrogen-bond acceptors (Lipinski definition) is 4. The van der Waals surface area contributed by atoms with Crippen molar-refractivity contribution in [3.63, 3.8) is 0 Å². The second-order valence-electron chi connectivity index (χ2n) is 7.60. The molecule has 4 rings (SSSR count). The molecule has 6 heteroatoms. The molecule has 146 valence electrons. The van der Waals surface area contributed by atoms with E-state index in [4.69, 9.17) is 0 Å². The first-order valence-corrected chi connectivity index (χ1v) is 10.2. The Balaban J connectivity index is 1.32. The van der Waals surface area contributed by atoms with Gasteiger partial charge in [-0.25, -0.2) is 4.98 Å². The lowest BCUT2D eigenvalue weighted by Crippen LogP contribution is -2.45. The van der Waals surface area contributed by atoms with Crippen molar-refractivity contribution in [2.75, 3.05) is 26.2 Å². The molecule has 2 aliphatic rings. The van der Waals surface area contributed by atoms with Gasteiger partial charge in [0.1, 0.15) is 0 Å². The number of piperidine rings is 2. The summed E-state index contributed by atoms with van der Waals surface area (Å²) >= 11 is 0. The third kappa shape index (κ3) is 4.21. The van der Waals surface area contributed by atoms with Crippen molar-refractivity contribution in [3.05, 3.63) is 42.2 Å². The van der Waals surface area contributed by atoms with E-state index in [2.05, 4.69) is 9.97 Å². The molecule has 1 aromatic heterocycles. The molecule has 0 bridgehead atoms. The van der Waals surface area contributed by atoms with E-state index in [0.717, 1.165) is 49.8 Å². The lowest BCUT2D eigenvalue weighted by atomic mass is 9.94. The van der Waals surface area contributed by atoms with E-state index in [9.17, 15) is 9.59 Å². The normalized spacial score (nSPS) is 18.7. The fraction of sp³-hybridized carbons (Fsp3) is 0.455. The molecular formula is C22H26N4O2. The smallest absolute Gasteiger partial charge is 0.246 e. The predicted octanol–water partition coefficient (Wildman–Crippen LogP) is 2.89. The van der Waals surface area contributed by atoms with E-state index < -0.39 is 0 Å². The number of carbonyl (C=O) groups excluding carboxylic acids is 2. The molecule has 2 aromatic rings. The molecule has 0 unspecified atom stereocenters. The van der Waals surface area contributed by atoms with Crippen LogP contribution >= 0.6 is 0 Å². The largest absolute Gasteiger partial charge is 0.342 e. The topological polar surface area (TPSA) is 66.4 Å². The fourth-order valence-electron chi connectivity index (χ4n) is 4.03. The molecule has 0 spiro atoms. The Kier molecular flexibility index (Phi) is 5.65. The average molecular weight is 378 g/mol. The number of likely N-dealkylation sites (tertiary alicyclic amines) is 2. The Labute approximate surface area is 165 Å². The average Bonchev–Trinajstić information content (AvgIpc) is 2.77. The van der Waals surface area contributed by atoms with Crippen molar-refractivity contribution >= 4 is 28.9 Å². The van der Waals surface area contributed by atoms with E-state index in [1.54, 1.807) is 18.3 Å². The summed E-state index contributed by atoms with van der Waals surface area (Å²) in [7, 11) is 0. The maximum atomic E-state index is 12.6. The minimum absolute atomic E-state index is 0.0289. The van der Waals surface area contributed by atoms with Gasteiger partial charge in [-0.3, -0.25) is 14.6 Å². The molecule has 6 nitrogen and oxygen atoms in total. The second kappa shape index (κ2) is 8.50. The zero-order chi connectivity index (χ0) is 19.3. The molecular weight excluding hydrogens is 352 g/mol. The second-order valence-corrected chi connectivity index (χ2v) is 7.60. The number of fused-ring (bicyclic) bond motifs is 1. The SMILES string of the molecule is O=C(/C=C/c1cnc2ccccc2n1)N1CCC(C(=O)N2CCCCC2)CC1. The Morgan fingerprint density at radius 2 is 1.64 bits per heavy atom. The summed E-state index contributed by atoms with van der Waals surface area (Å²) in [6.07, 6.45) is 9.92. The van der Waals surface area contributed by atoms with Crippen LogP contribution in [0.1, 0.15) is 37.8 Å².